The molecular weight excluding hydrogens is 447 g/mol. The first-order chi connectivity index (χ1) is 17.4. The lowest BCUT2D eigenvalue weighted by atomic mass is 10.0. The Bertz CT molecular complexity index is 1410. The van der Waals surface area contributed by atoms with Crippen molar-refractivity contribution >= 4 is 41.5 Å². The summed E-state index contributed by atoms with van der Waals surface area (Å²) >= 11 is 0. The number of nitrogens with one attached hydrogen (secondary N) is 1. The molecule has 2 aromatic heterocycles. The van der Waals surface area contributed by atoms with Crippen LogP contribution >= 0.6 is 24.8 Å². The highest BCUT2D eigenvalue weighted by Crippen LogP contribution is 2.30. The van der Waals surface area contributed by atoms with Crippen LogP contribution in [0.15, 0.2) is 67.0 Å². The minimum atomic E-state index is -3.17. The number of nitrogens with zero attached hydrogens (tertiary/aromatic N) is 3. The van der Waals surface area contributed by atoms with Crippen molar-refractivity contribution in [2.45, 2.75) is 6.85 Å². The van der Waals surface area contributed by atoms with Gasteiger partial charge in [0.1, 0.15) is 18.2 Å². The zero-order valence-corrected chi connectivity index (χ0v) is 18.7. The smallest absolute Gasteiger partial charge is 0.163 e. The number of hydrogen-bond donors (Lipinski definition) is 1. The van der Waals surface area contributed by atoms with Crippen molar-refractivity contribution < 1.29 is 19.1 Å². The van der Waals surface area contributed by atoms with Gasteiger partial charge in [-0.25, -0.2) is 9.97 Å². The van der Waals surface area contributed by atoms with Crippen LogP contribution in [-0.2, 0) is 4.74 Å². The van der Waals surface area contributed by atoms with Crippen molar-refractivity contribution in [3.8, 4) is 28.3 Å². The minimum absolute atomic E-state index is 0. The fourth-order valence-electron chi connectivity index (χ4n) is 3.07. The van der Waals surface area contributed by atoms with Crippen molar-refractivity contribution in [2.75, 3.05) is 32.1 Å². The molecule has 6 nitrogen and oxygen atoms in total. The molecule has 0 aliphatic rings. The summed E-state index contributed by atoms with van der Waals surface area (Å²) in [7, 11) is 1.78. The van der Waals surface area contributed by atoms with E-state index in [1.165, 1.54) is 0 Å². The van der Waals surface area contributed by atoms with Gasteiger partial charge in [0, 0.05) is 41.1 Å². The van der Waals surface area contributed by atoms with Crippen molar-refractivity contribution in [1.82, 2.24) is 15.0 Å². The standard InChI is InChI=1S/C24H24N4O2.2ClH/c1-3-29-12-13-30-20-8-4-6-17(14-20)18-9-10-22-21(15-18)24(25-2)28-23(27-22)19-7-5-11-26-16-19;;/h4-11,14-16H,3,12-13H2,1-2H3,(H,25,27,28);2*1H/i1D3,3D2,12D2;;. The predicted octanol–water partition coefficient (Wildman–Crippen LogP) is 5.66. The number of anilines is 1. The third kappa shape index (κ3) is 5.85. The molecule has 0 aliphatic carbocycles. The molecular formula is C24H26Cl2N4O2. The summed E-state index contributed by atoms with van der Waals surface area (Å²) in [6, 6.07) is 16.3. The molecule has 168 valence electrons. The Labute approximate surface area is 210 Å². The van der Waals surface area contributed by atoms with E-state index in [9.17, 15) is 0 Å². The van der Waals surface area contributed by atoms with E-state index in [1.807, 2.05) is 36.4 Å². The van der Waals surface area contributed by atoms with Crippen LogP contribution in [0.3, 0.4) is 0 Å². The lowest BCUT2D eigenvalue weighted by molar-refractivity contribution is 0.110. The van der Waals surface area contributed by atoms with Gasteiger partial charge in [-0.2, -0.15) is 0 Å². The van der Waals surface area contributed by atoms with Gasteiger partial charge in [-0.05, 0) is 54.4 Å². The number of fused-ring (bicyclic) bond motifs is 1. The van der Waals surface area contributed by atoms with Gasteiger partial charge in [-0.15, -0.1) is 24.8 Å². The van der Waals surface area contributed by atoms with Crippen molar-refractivity contribution in [2.24, 2.45) is 0 Å². The van der Waals surface area contributed by atoms with E-state index in [0.29, 0.717) is 17.4 Å². The molecule has 0 aliphatic heterocycles. The third-order valence-electron chi connectivity index (χ3n) is 4.44. The molecule has 0 unspecified atom stereocenters. The number of rotatable bonds is 8. The second kappa shape index (κ2) is 12.2. The largest absolute Gasteiger partial charge is 0.491 e. The van der Waals surface area contributed by atoms with Crippen molar-refractivity contribution in [3.05, 3.63) is 67.0 Å². The fraction of sp³-hybridized carbons (Fsp3) is 0.208. The molecule has 2 heterocycles. The van der Waals surface area contributed by atoms with Crippen LogP contribution in [0.2, 0.25) is 0 Å². The average Bonchev–Trinajstić information content (AvgIpc) is 2.86. The van der Waals surface area contributed by atoms with E-state index < -0.39 is 26.6 Å². The molecule has 0 saturated heterocycles. The summed E-state index contributed by atoms with van der Waals surface area (Å²) in [5.74, 6) is 1.50. The summed E-state index contributed by atoms with van der Waals surface area (Å²) in [5, 5.41) is 3.92. The van der Waals surface area contributed by atoms with E-state index >= 15 is 0 Å². The molecule has 0 radical (unpaired) electrons. The molecule has 0 bridgehead atoms. The summed E-state index contributed by atoms with van der Waals surface area (Å²) in [5.41, 5.74) is 3.15. The van der Waals surface area contributed by atoms with E-state index in [1.54, 1.807) is 37.6 Å². The van der Waals surface area contributed by atoms with Crippen LogP contribution in [0.4, 0.5) is 5.82 Å². The molecule has 2 aromatic carbocycles. The maximum absolute atomic E-state index is 7.85. The van der Waals surface area contributed by atoms with E-state index in [0.717, 1.165) is 27.6 Å². The predicted molar refractivity (Wildman–Crippen MR) is 134 cm³/mol. The molecule has 1 N–H and O–H groups in total. The van der Waals surface area contributed by atoms with Gasteiger partial charge in [0.05, 0.1) is 17.6 Å². The van der Waals surface area contributed by atoms with Crippen LogP contribution < -0.4 is 10.1 Å². The van der Waals surface area contributed by atoms with Crippen LogP contribution in [0.5, 0.6) is 5.75 Å². The second-order valence-corrected chi connectivity index (χ2v) is 6.28. The highest BCUT2D eigenvalue weighted by atomic mass is 35.5. The number of ether oxygens (including phenoxy) is 2. The van der Waals surface area contributed by atoms with Crippen molar-refractivity contribution in [3.63, 3.8) is 0 Å². The summed E-state index contributed by atoms with van der Waals surface area (Å²) in [4.78, 5) is 13.4. The monoisotopic (exact) mass is 479 g/mol. The zero-order valence-electron chi connectivity index (χ0n) is 24.0. The molecule has 4 aromatic rings. The van der Waals surface area contributed by atoms with Crippen LogP contribution in [0.1, 0.15) is 16.4 Å². The summed E-state index contributed by atoms with van der Waals surface area (Å²) in [6.07, 6.45) is 3.38. The summed E-state index contributed by atoms with van der Waals surface area (Å²) in [6.45, 7) is -9.71. The van der Waals surface area contributed by atoms with Crippen LogP contribution in [0, 0.1) is 0 Å². The molecule has 4 rings (SSSR count). The highest BCUT2D eigenvalue weighted by molar-refractivity contribution is 5.94. The Morgan fingerprint density at radius 2 is 1.84 bits per heavy atom. The maximum atomic E-state index is 7.85. The van der Waals surface area contributed by atoms with Gasteiger partial charge in [-0.3, -0.25) is 4.98 Å². The van der Waals surface area contributed by atoms with Gasteiger partial charge in [-0.1, -0.05) is 18.2 Å². The molecule has 0 saturated carbocycles. The fourth-order valence-corrected chi connectivity index (χ4v) is 3.07. The maximum Gasteiger partial charge on any atom is 0.163 e. The Hall–Kier alpha value is -2.93. The molecule has 0 fully saturated rings. The molecule has 32 heavy (non-hydrogen) atoms. The van der Waals surface area contributed by atoms with Gasteiger partial charge in [0.2, 0.25) is 0 Å². The number of pyridine rings is 1. The molecule has 0 spiro atoms. The first-order valence-corrected chi connectivity index (χ1v) is 9.22. The Balaban J connectivity index is 0.00000267. The SMILES string of the molecule is Cl.Cl.[2H]C([2H])(COc1cccc(-c2ccc3nc(-c4cccnc4)nc(NC)c3c2)c1)OC([2H])([2H])C([2H])([2H])[2H]. The van der Waals surface area contributed by atoms with Gasteiger partial charge in [0.15, 0.2) is 5.82 Å². The lowest BCUT2D eigenvalue weighted by Crippen LogP contribution is -2.06. The first kappa shape index (κ1) is 16.7. The Kier molecular flexibility index (Phi) is 6.35. The normalized spacial score (nSPS) is 14.7. The van der Waals surface area contributed by atoms with Crippen molar-refractivity contribution in [1.29, 1.82) is 0 Å². The quantitative estimate of drug-likeness (QED) is 0.351. The number of hydrogen-bond acceptors (Lipinski definition) is 6. The zero-order chi connectivity index (χ0) is 26.8. The minimum Gasteiger partial charge on any atom is -0.491 e. The third-order valence-corrected chi connectivity index (χ3v) is 4.44. The van der Waals surface area contributed by atoms with E-state index in [4.69, 9.17) is 14.3 Å². The van der Waals surface area contributed by atoms with Gasteiger partial charge < -0.3 is 14.8 Å². The number of benzene rings is 2. The molecule has 0 atom stereocenters. The number of halogens is 2. The lowest BCUT2D eigenvalue weighted by Gasteiger charge is -2.11. The summed E-state index contributed by atoms with van der Waals surface area (Å²) < 4.78 is 62.3. The average molecular weight is 480 g/mol. The van der Waals surface area contributed by atoms with Gasteiger partial charge in [0.25, 0.3) is 0 Å². The molecule has 8 heteroatoms. The van der Waals surface area contributed by atoms with Gasteiger partial charge >= 0.3 is 0 Å². The topological polar surface area (TPSA) is 69.2 Å². The van der Waals surface area contributed by atoms with Crippen LogP contribution in [0.25, 0.3) is 33.4 Å². The first-order valence-electron chi connectivity index (χ1n) is 12.7. The van der Waals surface area contributed by atoms with E-state index in [-0.39, 0.29) is 24.8 Å². The number of aromatic nitrogens is 3. The second-order valence-electron chi connectivity index (χ2n) is 6.28. The highest BCUT2D eigenvalue weighted by Gasteiger charge is 2.10. The van der Waals surface area contributed by atoms with E-state index in [2.05, 4.69) is 25.0 Å². The molecule has 0 amide bonds. The Morgan fingerprint density at radius 1 is 1.00 bits per heavy atom. The van der Waals surface area contributed by atoms with Crippen LogP contribution in [-0.4, -0.2) is 41.7 Å². The Morgan fingerprint density at radius 3 is 2.62 bits per heavy atom.